The van der Waals surface area contributed by atoms with Crippen LogP contribution in [0.1, 0.15) is 48.6 Å². The molecule has 4 nitrogen and oxygen atoms in total. The van der Waals surface area contributed by atoms with E-state index in [9.17, 15) is 8.78 Å². The smallest absolute Gasteiger partial charge is 0.161 e. The first-order chi connectivity index (χ1) is 17.2. The highest BCUT2D eigenvalue weighted by Gasteiger charge is 2.13. The van der Waals surface area contributed by atoms with E-state index in [0.29, 0.717) is 31.6 Å². The van der Waals surface area contributed by atoms with Crippen molar-refractivity contribution >= 4 is 43.2 Å². The maximum atomic E-state index is 14.2. The van der Waals surface area contributed by atoms with Gasteiger partial charge in [-0.1, -0.05) is 47.0 Å². The van der Waals surface area contributed by atoms with Gasteiger partial charge in [-0.05, 0) is 66.8 Å². The second kappa shape index (κ2) is 19.2. The number of aromatic nitrogens is 1. The summed E-state index contributed by atoms with van der Waals surface area (Å²) in [5.74, 6) is -0.616. The number of benzene rings is 1. The van der Waals surface area contributed by atoms with E-state index >= 15 is 0 Å². The second-order valence-corrected chi connectivity index (χ2v) is 9.26. The lowest BCUT2D eigenvalue weighted by Gasteiger charge is -2.15. The van der Waals surface area contributed by atoms with Crippen LogP contribution in [0.5, 0.6) is 5.75 Å². The molecule has 0 amide bonds. The molecular formula is C26H36F2N3OPS2. The summed E-state index contributed by atoms with van der Waals surface area (Å²) >= 11 is 3.29. The molecule has 1 N–H and O–H groups in total. The summed E-state index contributed by atoms with van der Waals surface area (Å²) in [6, 6.07) is 13.6. The molecule has 1 aromatic carbocycles. The van der Waals surface area contributed by atoms with Crippen LogP contribution in [-0.2, 0) is 13.0 Å². The number of anilines is 1. The van der Waals surface area contributed by atoms with Crippen LogP contribution in [0.3, 0.4) is 0 Å². The van der Waals surface area contributed by atoms with Crippen LogP contribution >= 0.6 is 32.3 Å². The van der Waals surface area contributed by atoms with Gasteiger partial charge >= 0.3 is 0 Å². The molecule has 0 aliphatic heterocycles. The molecule has 0 radical (unpaired) electrons. The van der Waals surface area contributed by atoms with Crippen LogP contribution in [0.25, 0.3) is 0 Å². The first-order valence-electron chi connectivity index (χ1n) is 11.5. The molecular weight excluding hydrogens is 503 g/mol. The molecule has 192 valence electrons. The fraction of sp³-hybridized carbons (Fsp3) is 0.385. The average molecular weight is 540 g/mol. The third-order valence-electron chi connectivity index (χ3n) is 4.53. The van der Waals surface area contributed by atoms with Crippen LogP contribution in [0.4, 0.5) is 14.5 Å². The van der Waals surface area contributed by atoms with Crippen molar-refractivity contribution in [1.29, 1.82) is 0 Å². The zero-order valence-electron chi connectivity index (χ0n) is 20.8. The zero-order valence-corrected chi connectivity index (χ0v) is 23.6. The number of rotatable bonds is 10. The van der Waals surface area contributed by atoms with E-state index in [2.05, 4.69) is 42.0 Å². The van der Waals surface area contributed by atoms with Gasteiger partial charge in [0.25, 0.3) is 0 Å². The maximum Gasteiger partial charge on any atom is 0.161 e. The Morgan fingerprint density at radius 1 is 1.20 bits per heavy atom. The molecule has 2 aromatic heterocycles. The molecule has 0 saturated heterocycles. The number of pyridine rings is 1. The fourth-order valence-electron chi connectivity index (χ4n) is 2.94. The van der Waals surface area contributed by atoms with Gasteiger partial charge in [0.15, 0.2) is 5.17 Å². The summed E-state index contributed by atoms with van der Waals surface area (Å²) in [6.07, 6.45) is 8.54. The predicted molar refractivity (Wildman–Crippen MR) is 154 cm³/mol. The van der Waals surface area contributed by atoms with E-state index in [1.54, 1.807) is 29.8 Å². The Morgan fingerprint density at radius 2 is 2.00 bits per heavy atom. The van der Waals surface area contributed by atoms with Gasteiger partial charge in [-0.15, -0.1) is 11.3 Å². The maximum absolute atomic E-state index is 14.2. The number of unbranched alkanes of at least 4 members (excludes halogenated alkanes) is 1. The molecule has 35 heavy (non-hydrogen) atoms. The van der Waals surface area contributed by atoms with E-state index in [0.717, 1.165) is 35.7 Å². The van der Waals surface area contributed by atoms with E-state index in [4.69, 9.17) is 4.74 Å². The highest BCUT2D eigenvalue weighted by molar-refractivity contribution is 8.13. The summed E-state index contributed by atoms with van der Waals surface area (Å²) in [5.41, 5.74) is 2.33. The Kier molecular flexibility index (Phi) is 17.0. The molecule has 2 unspecified atom stereocenters. The molecule has 0 spiro atoms. The van der Waals surface area contributed by atoms with Crippen molar-refractivity contribution in [3.05, 3.63) is 76.2 Å². The Bertz CT molecular complexity index is 958. The summed E-state index contributed by atoms with van der Waals surface area (Å²) < 4.78 is 29.6. The normalized spacial score (nSPS) is 11.5. The largest absolute Gasteiger partial charge is 0.493 e. The number of hydrogen-bond donors (Lipinski definition) is 1. The van der Waals surface area contributed by atoms with Gasteiger partial charge in [-0.3, -0.25) is 14.4 Å². The zero-order chi connectivity index (χ0) is 25.9. The first kappa shape index (κ1) is 31.0. The van der Waals surface area contributed by atoms with Gasteiger partial charge in [-0.25, -0.2) is 4.39 Å². The SMILES string of the molecule is CC.CF.CSC(=NCc1cccnc1)Nc1ccc(OCCCCc2cccs2)c(C(F)P)c1. The highest BCUT2D eigenvalue weighted by atomic mass is 32.2. The number of ether oxygens (including phenoxy) is 1. The minimum absolute atomic E-state index is 0.500. The minimum atomic E-state index is -1.20. The molecule has 0 bridgehead atoms. The monoisotopic (exact) mass is 539 g/mol. The van der Waals surface area contributed by atoms with Crippen molar-refractivity contribution in [2.45, 2.75) is 45.6 Å². The van der Waals surface area contributed by atoms with Crippen LogP contribution in [-0.4, -0.2) is 30.2 Å². The second-order valence-electron chi connectivity index (χ2n) is 6.85. The summed E-state index contributed by atoms with van der Waals surface area (Å²) in [7, 11) is 2.71. The van der Waals surface area contributed by atoms with Crippen molar-refractivity contribution in [2.75, 3.05) is 25.4 Å². The minimum Gasteiger partial charge on any atom is -0.493 e. The third kappa shape index (κ3) is 12.0. The standard InChI is InChI=1S/C23H27FN3OPS2.C2H6.CH3F/c1-30-23(26-16-17-6-4-11-25-15-17)27-18-9-10-21(20(14-18)22(24)29)28-12-3-2-7-19-8-5-13-31-19;2*1-2/h4-6,8-11,13-15,22H,2-3,7,12,16,29H2,1H3,(H,26,27);1-2H3;1H3. The highest BCUT2D eigenvalue weighted by Crippen LogP contribution is 2.35. The molecule has 9 heteroatoms. The molecule has 0 fully saturated rings. The van der Waals surface area contributed by atoms with Crippen LogP contribution in [0.15, 0.2) is 65.2 Å². The van der Waals surface area contributed by atoms with Crippen molar-refractivity contribution in [1.82, 2.24) is 4.98 Å². The van der Waals surface area contributed by atoms with Crippen molar-refractivity contribution in [3.63, 3.8) is 0 Å². The number of nitrogens with one attached hydrogen (secondary N) is 1. The topological polar surface area (TPSA) is 46.5 Å². The molecule has 3 aromatic rings. The number of halogens is 2. The average Bonchev–Trinajstić information content (AvgIpc) is 3.43. The van der Waals surface area contributed by atoms with Gasteiger partial charge in [0, 0.05) is 28.5 Å². The molecule has 0 aliphatic carbocycles. The lowest BCUT2D eigenvalue weighted by Crippen LogP contribution is -2.09. The Labute approximate surface area is 219 Å². The van der Waals surface area contributed by atoms with Crippen molar-refractivity contribution in [3.8, 4) is 5.75 Å². The summed E-state index contributed by atoms with van der Waals surface area (Å²) in [4.78, 5) is 10.1. The molecule has 2 heterocycles. The van der Waals surface area contributed by atoms with Gasteiger partial charge in [0.1, 0.15) is 11.7 Å². The lowest BCUT2D eigenvalue weighted by atomic mass is 10.2. The van der Waals surface area contributed by atoms with E-state index in [-0.39, 0.29) is 0 Å². The van der Waals surface area contributed by atoms with Crippen molar-refractivity contribution in [2.24, 2.45) is 4.99 Å². The molecule has 2 atom stereocenters. The number of aliphatic imine (C=N–C) groups is 1. The van der Waals surface area contributed by atoms with Gasteiger partial charge in [0.05, 0.1) is 20.3 Å². The summed E-state index contributed by atoms with van der Waals surface area (Å²) in [6.45, 7) is 5.11. The third-order valence-corrected chi connectivity index (χ3v) is 6.45. The molecule has 3 rings (SSSR count). The van der Waals surface area contributed by atoms with E-state index in [1.807, 2.05) is 44.4 Å². The van der Waals surface area contributed by atoms with Gasteiger partial charge in [0.2, 0.25) is 0 Å². The fourth-order valence-corrected chi connectivity index (χ4v) is 4.37. The Hall–Kier alpha value is -2.02. The van der Waals surface area contributed by atoms with E-state index in [1.165, 1.54) is 16.6 Å². The number of nitrogens with zero attached hydrogens (tertiary/aromatic N) is 2. The first-order valence-corrected chi connectivity index (χ1v) is 14.2. The van der Waals surface area contributed by atoms with Gasteiger partial charge in [-0.2, -0.15) is 0 Å². The Balaban J connectivity index is 0.00000145. The van der Waals surface area contributed by atoms with Gasteiger partial charge < -0.3 is 10.1 Å². The quantitative estimate of drug-likeness (QED) is 0.122. The number of thioether (sulfide) groups is 1. The number of amidine groups is 1. The number of alkyl halides is 2. The molecule has 0 aliphatic rings. The summed E-state index contributed by atoms with van der Waals surface area (Å²) in [5, 5.41) is 6.13. The molecule has 0 saturated carbocycles. The lowest BCUT2D eigenvalue weighted by molar-refractivity contribution is 0.299. The Morgan fingerprint density at radius 3 is 2.63 bits per heavy atom. The van der Waals surface area contributed by atoms with E-state index < -0.39 is 5.91 Å². The number of thiophene rings is 1. The van der Waals surface area contributed by atoms with Crippen LogP contribution in [0, 0.1) is 0 Å². The number of hydrogen-bond acceptors (Lipinski definition) is 5. The number of aryl methyl sites for hydroxylation is 1. The van der Waals surface area contributed by atoms with Crippen LogP contribution in [0.2, 0.25) is 0 Å². The van der Waals surface area contributed by atoms with Crippen molar-refractivity contribution < 1.29 is 13.5 Å². The predicted octanol–water partition coefficient (Wildman–Crippen LogP) is 8.33. The van der Waals surface area contributed by atoms with Crippen LogP contribution < -0.4 is 10.1 Å².